The maximum Gasteiger partial charge on any atom is 0.332 e. The van der Waals surface area contributed by atoms with E-state index in [1.165, 1.54) is 60.5 Å². The summed E-state index contributed by atoms with van der Waals surface area (Å²) in [5, 5.41) is 0. The molecule has 0 aliphatic rings. The van der Waals surface area contributed by atoms with E-state index in [-0.39, 0.29) is 29.2 Å². The third kappa shape index (κ3) is 13.4. The molecule has 0 aliphatic heterocycles. The molecule has 0 aliphatic carbocycles. The lowest BCUT2D eigenvalue weighted by Crippen LogP contribution is -2.39. The maximum absolute atomic E-state index is 12.9. The summed E-state index contributed by atoms with van der Waals surface area (Å²) < 4.78 is 10.2. The Morgan fingerprint density at radius 2 is 1.35 bits per heavy atom. The van der Waals surface area contributed by atoms with Crippen molar-refractivity contribution in [1.82, 2.24) is 23.6 Å². The number of esters is 1. The van der Waals surface area contributed by atoms with Crippen LogP contribution in [0.25, 0.3) is 11.2 Å². The van der Waals surface area contributed by atoms with Crippen LogP contribution in [0.4, 0.5) is 0 Å². The largest absolute Gasteiger partial charge is 0.460 e. The molecular weight excluding hydrogens is 582 g/mol. The first kappa shape index (κ1) is 39.3. The van der Waals surface area contributed by atoms with E-state index in [0.29, 0.717) is 37.1 Å². The Labute approximate surface area is 276 Å². The highest BCUT2D eigenvalue weighted by Gasteiger charge is 2.21. The van der Waals surface area contributed by atoms with Crippen molar-refractivity contribution in [3.8, 4) is 0 Å². The number of nitrogens with zero attached hydrogens (tertiary/aromatic N) is 5. The predicted octanol–water partition coefficient (Wildman–Crippen LogP) is 7.04. The Kier molecular flexibility index (Phi) is 19.3. The molecule has 0 fully saturated rings. The van der Waals surface area contributed by atoms with Gasteiger partial charge in [-0.1, -0.05) is 111 Å². The lowest BCUT2D eigenvalue weighted by Gasteiger charge is -2.27. The minimum atomic E-state index is -0.322. The molecule has 46 heavy (non-hydrogen) atoms. The van der Waals surface area contributed by atoms with Gasteiger partial charge in [0, 0.05) is 40.0 Å². The molecule has 0 spiro atoms. The molecule has 10 nitrogen and oxygen atoms in total. The first-order chi connectivity index (χ1) is 22.2. The van der Waals surface area contributed by atoms with Crippen LogP contribution in [0.1, 0.15) is 149 Å². The van der Waals surface area contributed by atoms with Gasteiger partial charge in [-0.15, -0.1) is 0 Å². The fourth-order valence-electron chi connectivity index (χ4n) is 6.15. The van der Waals surface area contributed by atoms with Crippen LogP contribution in [-0.2, 0) is 35.0 Å². The van der Waals surface area contributed by atoms with E-state index in [4.69, 9.17) is 4.74 Å². The summed E-state index contributed by atoms with van der Waals surface area (Å²) in [5.74, 6) is -0.0712. The van der Waals surface area contributed by atoms with Crippen molar-refractivity contribution in [2.24, 2.45) is 14.1 Å². The number of hydrogen-bond acceptors (Lipinski definition) is 6. The third-order valence-corrected chi connectivity index (χ3v) is 9.06. The van der Waals surface area contributed by atoms with E-state index in [1.54, 1.807) is 25.0 Å². The minimum absolute atomic E-state index is 0.133. The molecule has 0 saturated carbocycles. The topological polar surface area (TPSA) is 108 Å². The highest BCUT2D eigenvalue weighted by molar-refractivity contribution is 5.76. The number of imidazole rings is 1. The number of aryl methyl sites for hydroxylation is 2. The molecule has 1 amide bonds. The number of fused-ring (bicyclic) bond motifs is 1. The van der Waals surface area contributed by atoms with Gasteiger partial charge in [0.1, 0.15) is 6.10 Å². The second-order valence-electron chi connectivity index (χ2n) is 12.9. The van der Waals surface area contributed by atoms with Crippen LogP contribution in [0.5, 0.6) is 0 Å². The van der Waals surface area contributed by atoms with Crippen LogP contribution in [0, 0.1) is 0 Å². The number of rotatable bonds is 26. The van der Waals surface area contributed by atoms with Gasteiger partial charge in [0.25, 0.3) is 5.56 Å². The second kappa shape index (κ2) is 22.6. The molecular formula is C36H63N5O5. The lowest BCUT2D eigenvalue weighted by molar-refractivity contribution is -0.152. The van der Waals surface area contributed by atoms with Crippen molar-refractivity contribution in [3.63, 3.8) is 0 Å². The molecule has 2 aromatic rings. The van der Waals surface area contributed by atoms with Crippen molar-refractivity contribution < 1.29 is 14.3 Å². The summed E-state index contributed by atoms with van der Waals surface area (Å²) in [6.07, 6.45) is 22.4. The zero-order chi connectivity index (χ0) is 33.7. The first-order valence-electron chi connectivity index (χ1n) is 18.3. The molecule has 1 atom stereocenters. The number of ether oxygens (including phenoxy) is 1. The van der Waals surface area contributed by atoms with Crippen LogP contribution >= 0.6 is 0 Å². The van der Waals surface area contributed by atoms with Crippen LogP contribution in [0.15, 0.2) is 15.9 Å². The van der Waals surface area contributed by atoms with E-state index < -0.39 is 0 Å². The minimum Gasteiger partial charge on any atom is -0.460 e. The van der Waals surface area contributed by atoms with Gasteiger partial charge >= 0.3 is 11.7 Å². The molecule has 2 rings (SSSR count). The second-order valence-corrected chi connectivity index (χ2v) is 12.9. The quantitative estimate of drug-likeness (QED) is 0.0803. The number of amides is 1. The number of carbonyl (C=O) groups excluding carboxylic acids is 2. The normalized spacial score (nSPS) is 12.1. The molecule has 0 radical (unpaired) electrons. The van der Waals surface area contributed by atoms with E-state index in [9.17, 15) is 19.2 Å². The summed E-state index contributed by atoms with van der Waals surface area (Å²) in [6, 6.07) is 0. The number of aromatic nitrogens is 4. The van der Waals surface area contributed by atoms with Crippen LogP contribution in [-0.4, -0.2) is 54.7 Å². The molecule has 0 aromatic carbocycles. The summed E-state index contributed by atoms with van der Waals surface area (Å²) >= 11 is 0. The summed E-state index contributed by atoms with van der Waals surface area (Å²) in [5.41, 5.74) is 0.265. The van der Waals surface area contributed by atoms with Crippen molar-refractivity contribution >= 4 is 23.0 Å². The molecule has 1 unspecified atom stereocenters. The van der Waals surface area contributed by atoms with Crippen molar-refractivity contribution in [3.05, 3.63) is 27.2 Å². The van der Waals surface area contributed by atoms with Gasteiger partial charge in [-0.05, 0) is 25.7 Å². The highest BCUT2D eigenvalue weighted by atomic mass is 16.5. The summed E-state index contributed by atoms with van der Waals surface area (Å²) in [6.45, 7) is 7.58. The zero-order valence-electron chi connectivity index (χ0n) is 29.7. The first-order valence-corrected chi connectivity index (χ1v) is 18.3. The van der Waals surface area contributed by atoms with Gasteiger partial charge in [-0.25, -0.2) is 9.78 Å². The Hall–Kier alpha value is -2.91. The van der Waals surface area contributed by atoms with Gasteiger partial charge in [-0.3, -0.25) is 23.5 Å². The van der Waals surface area contributed by atoms with Crippen LogP contribution in [0.2, 0.25) is 0 Å². The Balaban J connectivity index is 1.70. The van der Waals surface area contributed by atoms with Crippen LogP contribution in [0.3, 0.4) is 0 Å². The average Bonchev–Trinajstić information content (AvgIpc) is 3.45. The van der Waals surface area contributed by atoms with Crippen molar-refractivity contribution in [2.75, 3.05) is 13.1 Å². The van der Waals surface area contributed by atoms with E-state index >= 15 is 0 Å². The fraction of sp³-hybridized carbons (Fsp3) is 0.806. The monoisotopic (exact) mass is 645 g/mol. The van der Waals surface area contributed by atoms with Crippen molar-refractivity contribution in [2.45, 2.75) is 162 Å². The maximum atomic E-state index is 12.9. The molecule has 2 aromatic heterocycles. The van der Waals surface area contributed by atoms with Gasteiger partial charge in [0.2, 0.25) is 5.91 Å². The average molecular weight is 646 g/mol. The van der Waals surface area contributed by atoms with Gasteiger partial charge in [0.15, 0.2) is 11.2 Å². The zero-order valence-corrected chi connectivity index (χ0v) is 29.7. The third-order valence-electron chi connectivity index (χ3n) is 9.06. The molecule has 0 N–H and O–H groups in total. The Bertz CT molecular complexity index is 1280. The lowest BCUT2D eigenvalue weighted by atomic mass is 10.0. The fourth-order valence-corrected chi connectivity index (χ4v) is 6.15. The molecule has 2 heterocycles. The van der Waals surface area contributed by atoms with Crippen LogP contribution < -0.4 is 11.2 Å². The predicted molar refractivity (Wildman–Crippen MR) is 186 cm³/mol. The molecule has 0 bridgehead atoms. The Morgan fingerprint density at radius 3 is 1.93 bits per heavy atom. The molecule has 0 saturated heterocycles. The summed E-state index contributed by atoms with van der Waals surface area (Å²) in [7, 11) is 3.42. The smallest absolute Gasteiger partial charge is 0.332 e. The van der Waals surface area contributed by atoms with Gasteiger partial charge < -0.3 is 14.2 Å². The Morgan fingerprint density at radius 1 is 0.783 bits per heavy atom. The van der Waals surface area contributed by atoms with E-state index in [1.807, 2.05) is 18.7 Å². The number of unbranched alkanes of at least 4 members (excludes halogenated alkanes) is 15. The standard InChI is InChI=1S/C36H63N5O5/c1-6-9-10-11-12-13-14-17-20-23-26-40(31(42)7-2)28-30(46-32(43)8-3)25-22-19-16-15-18-21-24-27-41-35(44)33-34(37-29-38(33)4)39(5)36(41)45/h29-30H,6-28H2,1-5H3. The van der Waals surface area contributed by atoms with Gasteiger partial charge in [-0.2, -0.15) is 0 Å². The van der Waals surface area contributed by atoms with E-state index in [0.717, 1.165) is 70.8 Å². The number of hydrogen-bond donors (Lipinski definition) is 0. The summed E-state index contributed by atoms with van der Waals surface area (Å²) in [4.78, 5) is 56.6. The van der Waals surface area contributed by atoms with Gasteiger partial charge in [0.05, 0.1) is 12.9 Å². The molecule has 262 valence electrons. The highest BCUT2D eigenvalue weighted by Crippen LogP contribution is 2.16. The van der Waals surface area contributed by atoms with Crippen molar-refractivity contribution in [1.29, 1.82) is 0 Å². The number of carbonyl (C=O) groups is 2. The molecule has 10 heteroatoms. The van der Waals surface area contributed by atoms with E-state index in [2.05, 4.69) is 11.9 Å². The SMILES string of the molecule is CCCCCCCCCCCCN(CC(CCCCCCCCCn1c(=O)c2c(ncn2C)n(C)c1=O)OC(=O)CC)C(=O)CC.